The molecule has 0 aliphatic rings. The van der Waals surface area contributed by atoms with Crippen molar-refractivity contribution >= 4 is 51.1 Å². The summed E-state index contributed by atoms with van der Waals surface area (Å²) in [5.74, 6) is 1.30. The van der Waals surface area contributed by atoms with Crippen molar-refractivity contribution in [3.63, 3.8) is 0 Å². The van der Waals surface area contributed by atoms with Gasteiger partial charge >= 0.3 is 0 Å². The summed E-state index contributed by atoms with van der Waals surface area (Å²) in [4.78, 5) is 3.67. The number of benzene rings is 1. The molecule has 7 heteroatoms. The number of aliphatic imine (C=N–C) groups is 1. The van der Waals surface area contributed by atoms with Crippen LogP contribution in [-0.2, 0) is 0 Å². The minimum absolute atomic E-state index is 0.483. The summed E-state index contributed by atoms with van der Waals surface area (Å²) in [5.41, 5.74) is 0. The van der Waals surface area contributed by atoms with Gasteiger partial charge in [0.2, 0.25) is 6.19 Å². The highest BCUT2D eigenvalue weighted by atomic mass is 35.5. The van der Waals surface area contributed by atoms with E-state index in [0.29, 0.717) is 28.2 Å². The van der Waals surface area contributed by atoms with Crippen molar-refractivity contribution in [1.29, 1.82) is 5.26 Å². The third-order valence-corrected chi connectivity index (χ3v) is 4.31. The quantitative estimate of drug-likeness (QED) is 0.359. The van der Waals surface area contributed by atoms with E-state index in [4.69, 9.17) is 33.2 Å². The zero-order valence-corrected chi connectivity index (χ0v) is 12.7. The topological polar surface area (TPSA) is 45.4 Å². The van der Waals surface area contributed by atoms with Gasteiger partial charge in [0.15, 0.2) is 0 Å². The Bertz CT molecular complexity index is 475. The van der Waals surface area contributed by atoms with Gasteiger partial charge in [-0.1, -0.05) is 35.0 Å². The number of thioether (sulfide) groups is 2. The van der Waals surface area contributed by atoms with Crippen LogP contribution in [0.4, 0.5) is 0 Å². The molecule has 0 aliphatic heterocycles. The van der Waals surface area contributed by atoms with Crippen LogP contribution in [0.25, 0.3) is 0 Å². The van der Waals surface area contributed by atoms with Crippen LogP contribution in [0.3, 0.4) is 0 Å². The van der Waals surface area contributed by atoms with Gasteiger partial charge in [-0.3, -0.25) is 0 Å². The maximum absolute atomic E-state index is 8.44. The largest absolute Gasteiger partial charge is 0.491 e. The van der Waals surface area contributed by atoms with E-state index in [1.54, 1.807) is 24.4 Å². The van der Waals surface area contributed by atoms with Crippen molar-refractivity contribution in [3.8, 4) is 11.9 Å². The highest BCUT2D eigenvalue weighted by molar-refractivity contribution is 8.38. The standard InChI is InChI=1S/C11H10Cl2N2OS2/c1-17-11(15-7-14)18-5-4-16-10-3-2-8(12)6-9(10)13/h2-3,6H,4-5H2,1H3. The van der Waals surface area contributed by atoms with Crippen LogP contribution in [0.5, 0.6) is 5.75 Å². The summed E-state index contributed by atoms with van der Waals surface area (Å²) in [7, 11) is 0. The Kier molecular flexibility index (Phi) is 7.36. The van der Waals surface area contributed by atoms with Crippen molar-refractivity contribution in [2.45, 2.75) is 0 Å². The van der Waals surface area contributed by atoms with Gasteiger partial charge in [-0.15, -0.1) is 11.8 Å². The molecule has 0 bridgehead atoms. The lowest BCUT2D eigenvalue weighted by molar-refractivity contribution is 0.344. The van der Waals surface area contributed by atoms with Crippen LogP contribution in [0.1, 0.15) is 0 Å². The van der Waals surface area contributed by atoms with Gasteiger partial charge in [-0.25, -0.2) is 0 Å². The third-order valence-electron chi connectivity index (χ3n) is 1.78. The minimum atomic E-state index is 0.483. The third kappa shape index (κ3) is 5.40. The van der Waals surface area contributed by atoms with Crippen LogP contribution in [0.2, 0.25) is 10.0 Å². The maximum atomic E-state index is 8.44. The summed E-state index contributed by atoms with van der Waals surface area (Å²) < 4.78 is 6.23. The molecule has 96 valence electrons. The number of halogens is 2. The molecule has 1 rings (SSSR count). The fraction of sp³-hybridized carbons (Fsp3) is 0.273. The summed E-state index contributed by atoms with van der Waals surface area (Å²) in [6.45, 7) is 0.483. The lowest BCUT2D eigenvalue weighted by Crippen LogP contribution is -2.02. The van der Waals surface area contributed by atoms with Crippen LogP contribution < -0.4 is 4.74 Å². The van der Waals surface area contributed by atoms with E-state index in [1.807, 2.05) is 6.26 Å². The molecule has 0 aromatic heterocycles. The SMILES string of the molecule is CSC(=NC#N)SCCOc1ccc(Cl)cc1Cl. The number of nitrogens with zero attached hydrogens (tertiary/aromatic N) is 2. The first-order valence-electron chi connectivity index (χ1n) is 4.88. The van der Waals surface area contributed by atoms with E-state index in [9.17, 15) is 0 Å². The molecular weight excluding hydrogens is 311 g/mol. The van der Waals surface area contributed by atoms with Gasteiger partial charge < -0.3 is 4.74 Å². The fourth-order valence-electron chi connectivity index (χ4n) is 1.05. The van der Waals surface area contributed by atoms with Crippen molar-refractivity contribution in [1.82, 2.24) is 0 Å². The molecule has 0 fully saturated rings. The summed E-state index contributed by atoms with van der Waals surface area (Å²) in [6, 6.07) is 5.09. The molecule has 1 aromatic rings. The summed E-state index contributed by atoms with van der Waals surface area (Å²) >= 11 is 14.6. The molecule has 1 aromatic carbocycles. The number of ether oxygens (including phenoxy) is 1. The molecule has 0 aliphatic carbocycles. The van der Waals surface area contributed by atoms with Gasteiger partial charge in [0.25, 0.3) is 0 Å². The zero-order chi connectivity index (χ0) is 13.4. The normalized spacial score (nSPS) is 11.1. The van der Waals surface area contributed by atoms with Gasteiger partial charge in [0.1, 0.15) is 10.1 Å². The average molecular weight is 321 g/mol. The molecule has 0 saturated carbocycles. The lowest BCUT2D eigenvalue weighted by Gasteiger charge is -2.07. The monoisotopic (exact) mass is 320 g/mol. The van der Waals surface area contributed by atoms with Crippen LogP contribution in [-0.4, -0.2) is 23.0 Å². The van der Waals surface area contributed by atoms with E-state index in [-0.39, 0.29) is 0 Å². The van der Waals surface area contributed by atoms with Crippen molar-refractivity contribution in [2.75, 3.05) is 18.6 Å². The van der Waals surface area contributed by atoms with Crippen LogP contribution >= 0.6 is 46.7 Å². The lowest BCUT2D eigenvalue weighted by atomic mass is 10.3. The average Bonchev–Trinajstić information content (AvgIpc) is 2.35. The Morgan fingerprint density at radius 2 is 2.28 bits per heavy atom. The van der Waals surface area contributed by atoms with E-state index >= 15 is 0 Å². The molecule has 0 N–H and O–H groups in total. The van der Waals surface area contributed by atoms with Gasteiger partial charge in [-0.05, 0) is 24.5 Å². The minimum Gasteiger partial charge on any atom is -0.491 e. The van der Waals surface area contributed by atoms with Gasteiger partial charge in [-0.2, -0.15) is 10.3 Å². The molecule has 0 radical (unpaired) electrons. The Hall–Kier alpha value is -0.540. The van der Waals surface area contributed by atoms with Gasteiger partial charge in [0, 0.05) is 10.8 Å². The number of rotatable bonds is 4. The molecular formula is C11H10Cl2N2OS2. The highest BCUT2D eigenvalue weighted by Gasteiger charge is 2.03. The second-order valence-electron chi connectivity index (χ2n) is 2.95. The molecule has 3 nitrogen and oxygen atoms in total. The Morgan fingerprint density at radius 1 is 1.50 bits per heavy atom. The van der Waals surface area contributed by atoms with Crippen LogP contribution in [0, 0.1) is 11.5 Å². The Balaban J connectivity index is 2.38. The second kappa shape index (κ2) is 8.54. The molecule has 0 atom stereocenters. The summed E-state index contributed by atoms with van der Waals surface area (Å²) in [6.07, 6.45) is 3.64. The first kappa shape index (κ1) is 15.5. The molecule has 0 spiro atoms. The van der Waals surface area contributed by atoms with E-state index in [1.165, 1.54) is 23.5 Å². The highest BCUT2D eigenvalue weighted by Crippen LogP contribution is 2.27. The van der Waals surface area contributed by atoms with Crippen LogP contribution in [0.15, 0.2) is 23.2 Å². The zero-order valence-electron chi connectivity index (χ0n) is 9.52. The molecule has 0 unspecified atom stereocenters. The molecule has 0 heterocycles. The van der Waals surface area contributed by atoms with Gasteiger partial charge in [0.05, 0.1) is 11.6 Å². The maximum Gasteiger partial charge on any atom is 0.207 e. The second-order valence-corrected chi connectivity index (χ2v) is 5.93. The predicted octanol–water partition coefficient (Wildman–Crippen LogP) is 4.31. The first-order chi connectivity index (χ1) is 8.67. The predicted molar refractivity (Wildman–Crippen MR) is 81.0 cm³/mol. The Morgan fingerprint density at radius 3 is 2.89 bits per heavy atom. The van der Waals surface area contributed by atoms with E-state index < -0.39 is 0 Å². The summed E-state index contributed by atoms with van der Waals surface area (Å²) in [5, 5.41) is 9.50. The number of nitriles is 1. The van der Waals surface area contributed by atoms with Crippen molar-refractivity contribution in [3.05, 3.63) is 28.2 Å². The molecule has 18 heavy (non-hydrogen) atoms. The Labute approximate surface area is 125 Å². The fourth-order valence-corrected chi connectivity index (χ4v) is 2.81. The van der Waals surface area contributed by atoms with Crippen molar-refractivity contribution < 1.29 is 4.74 Å². The first-order valence-corrected chi connectivity index (χ1v) is 7.85. The van der Waals surface area contributed by atoms with E-state index in [2.05, 4.69) is 4.99 Å². The number of hydrogen-bond donors (Lipinski definition) is 0. The molecule has 0 amide bonds. The van der Waals surface area contributed by atoms with E-state index in [0.717, 1.165) is 4.38 Å². The molecule has 0 saturated heterocycles. The number of hydrogen-bond acceptors (Lipinski definition) is 5. The van der Waals surface area contributed by atoms with Crippen molar-refractivity contribution in [2.24, 2.45) is 4.99 Å². The smallest absolute Gasteiger partial charge is 0.207 e.